The van der Waals surface area contributed by atoms with E-state index < -0.39 is 17.7 Å². The molecule has 7 nitrogen and oxygen atoms in total. The van der Waals surface area contributed by atoms with Crippen LogP contribution in [0.25, 0.3) is 11.3 Å². The molecule has 3 N–H and O–H groups in total. The van der Waals surface area contributed by atoms with Crippen molar-refractivity contribution in [2.45, 2.75) is 38.9 Å². The first-order chi connectivity index (χ1) is 18.0. The molecule has 0 unspecified atom stereocenters. The van der Waals surface area contributed by atoms with Crippen molar-refractivity contribution in [3.8, 4) is 17.0 Å². The summed E-state index contributed by atoms with van der Waals surface area (Å²) in [6.07, 6.45) is -2.18. The molecule has 1 atom stereocenters. The number of pyridine rings is 1. The minimum atomic E-state index is -4.38. The van der Waals surface area contributed by atoms with Gasteiger partial charge in [0.05, 0.1) is 29.9 Å². The monoisotopic (exact) mass is 529 g/mol. The van der Waals surface area contributed by atoms with Crippen LogP contribution in [0.1, 0.15) is 42.6 Å². The van der Waals surface area contributed by atoms with Gasteiger partial charge in [-0.15, -0.1) is 0 Å². The number of alkyl halides is 3. The van der Waals surface area contributed by atoms with Crippen molar-refractivity contribution in [3.63, 3.8) is 0 Å². The number of hydrogen-bond donors (Lipinski definition) is 3. The van der Waals surface area contributed by atoms with Gasteiger partial charge in [0, 0.05) is 23.4 Å². The minimum Gasteiger partial charge on any atom is -0.490 e. The summed E-state index contributed by atoms with van der Waals surface area (Å²) in [5.74, 6) is -0.401. The Balaban J connectivity index is 1.57. The van der Waals surface area contributed by atoms with E-state index in [2.05, 4.69) is 29.5 Å². The normalized spacial score (nSPS) is 12.2. The quantitative estimate of drug-likeness (QED) is 0.271. The van der Waals surface area contributed by atoms with Crippen LogP contribution in [-0.4, -0.2) is 41.2 Å². The molecule has 0 aliphatic carbocycles. The Kier molecular flexibility index (Phi) is 9.70. The van der Waals surface area contributed by atoms with E-state index in [0.717, 1.165) is 24.2 Å². The number of halogens is 3. The molecule has 1 amide bonds. The lowest BCUT2D eigenvalue weighted by atomic mass is 10.0. The van der Waals surface area contributed by atoms with Gasteiger partial charge in [-0.25, -0.2) is 0 Å². The van der Waals surface area contributed by atoms with Gasteiger partial charge in [0.15, 0.2) is 0 Å². The third-order valence-electron chi connectivity index (χ3n) is 5.59. The number of benzene rings is 2. The summed E-state index contributed by atoms with van der Waals surface area (Å²) in [5, 5.41) is 14.7. The molecular formula is C28H30F3N3O4. The predicted octanol–water partition coefficient (Wildman–Crippen LogP) is 5.88. The second kappa shape index (κ2) is 12.9. The molecule has 0 aliphatic heterocycles. The Labute approximate surface area is 219 Å². The Hall–Kier alpha value is -4.08. The standard InChI is InChI=1S/C28H30F3N3O4/c1-18(2)15-23(34-22-9-5-20(6-10-22)27(37)32-14-13-26(35)36)17-38-24-11-12-25(33-16-24)19-3-7-21(8-4-19)28(29,30)31/h3-12,16,18,23,34H,13-15,17H2,1-2H3,(H,32,37)(H,35,36)/t23-/m0/s1. The third kappa shape index (κ3) is 8.79. The van der Waals surface area contributed by atoms with Crippen molar-refractivity contribution in [2.24, 2.45) is 5.92 Å². The van der Waals surface area contributed by atoms with E-state index in [9.17, 15) is 22.8 Å². The highest BCUT2D eigenvalue weighted by Crippen LogP contribution is 2.30. The Morgan fingerprint density at radius 1 is 1.00 bits per heavy atom. The molecule has 1 aromatic heterocycles. The molecule has 0 fully saturated rings. The van der Waals surface area contributed by atoms with Crippen LogP contribution in [0.5, 0.6) is 5.75 Å². The molecule has 2 aromatic carbocycles. The fourth-order valence-electron chi connectivity index (χ4n) is 3.74. The lowest BCUT2D eigenvalue weighted by molar-refractivity contribution is -0.138. The molecule has 0 saturated carbocycles. The smallest absolute Gasteiger partial charge is 0.416 e. The van der Waals surface area contributed by atoms with Gasteiger partial charge in [-0.05, 0) is 60.9 Å². The van der Waals surface area contributed by atoms with Crippen LogP contribution < -0.4 is 15.4 Å². The lowest BCUT2D eigenvalue weighted by Gasteiger charge is -2.22. The summed E-state index contributed by atoms with van der Waals surface area (Å²) < 4.78 is 44.3. The van der Waals surface area contributed by atoms with E-state index >= 15 is 0 Å². The van der Waals surface area contributed by atoms with E-state index in [1.165, 1.54) is 18.3 Å². The van der Waals surface area contributed by atoms with Gasteiger partial charge < -0.3 is 20.5 Å². The topological polar surface area (TPSA) is 101 Å². The molecule has 0 saturated heterocycles. The molecule has 38 heavy (non-hydrogen) atoms. The van der Waals surface area contributed by atoms with Crippen molar-refractivity contribution < 1.29 is 32.6 Å². The summed E-state index contributed by atoms with van der Waals surface area (Å²) in [5.41, 5.74) is 1.63. The predicted molar refractivity (Wildman–Crippen MR) is 138 cm³/mol. The number of hydrogen-bond acceptors (Lipinski definition) is 5. The number of carbonyl (C=O) groups excluding carboxylic acids is 1. The van der Waals surface area contributed by atoms with Gasteiger partial charge in [-0.2, -0.15) is 13.2 Å². The molecule has 202 valence electrons. The summed E-state index contributed by atoms with van der Waals surface area (Å²) in [6, 6.07) is 15.1. The minimum absolute atomic E-state index is 0.0418. The maximum absolute atomic E-state index is 12.8. The first kappa shape index (κ1) is 28.5. The Morgan fingerprint density at radius 2 is 1.68 bits per heavy atom. The zero-order valence-corrected chi connectivity index (χ0v) is 21.1. The number of amides is 1. The van der Waals surface area contributed by atoms with Gasteiger partial charge in [0.25, 0.3) is 5.91 Å². The zero-order chi connectivity index (χ0) is 27.7. The van der Waals surface area contributed by atoms with Gasteiger partial charge in [0.2, 0.25) is 0 Å². The van der Waals surface area contributed by atoms with E-state index in [4.69, 9.17) is 9.84 Å². The maximum Gasteiger partial charge on any atom is 0.416 e. The van der Waals surface area contributed by atoms with Crippen LogP contribution in [0.2, 0.25) is 0 Å². The number of anilines is 1. The van der Waals surface area contributed by atoms with Crippen LogP contribution in [0.3, 0.4) is 0 Å². The van der Waals surface area contributed by atoms with E-state index in [-0.39, 0.29) is 24.9 Å². The van der Waals surface area contributed by atoms with E-state index in [0.29, 0.717) is 35.1 Å². The molecular weight excluding hydrogens is 499 g/mol. The molecule has 10 heteroatoms. The van der Waals surface area contributed by atoms with Crippen molar-refractivity contribution in [1.82, 2.24) is 10.3 Å². The number of nitrogens with zero attached hydrogens (tertiary/aromatic N) is 1. The van der Waals surface area contributed by atoms with Crippen molar-refractivity contribution in [1.29, 1.82) is 0 Å². The van der Waals surface area contributed by atoms with Crippen LogP contribution in [0.15, 0.2) is 66.9 Å². The van der Waals surface area contributed by atoms with E-state index in [1.54, 1.807) is 36.4 Å². The number of aliphatic carboxylic acids is 1. The SMILES string of the molecule is CC(C)C[C@@H](COc1ccc(-c2ccc(C(F)(F)F)cc2)nc1)Nc1ccc(C(=O)NCCC(=O)O)cc1. The summed E-state index contributed by atoms with van der Waals surface area (Å²) in [7, 11) is 0. The van der Waals surface area contributed by atoms with Gasteiger partial charge in [0.1, 0.15) is 12.4 Å². The number of ether oxygens (including phenoxy) is 1. The van der Waals surface area contributed by atoms with Crippen LogP contribution in [-0.2, 0) is 11.0 Å². The highest BCUT2D eigenvalue weighted by atomic mass is 19.4. The Bertz CT molecular complexity index is 1200. The van der Waals surface area contributed by atoms with Crippen LogP contribution in [0, 0.1) is 5.92 Å². The molecule has 3 aromatic rings. The number of carboxylic acids is 1. The maximum atomic E-state index is 12.8. The second-order valence-corrected chi connectivity index (χ2v) is 9.21. The molecule has 0 aliphatic rings. The number of carboxylic acid groups (broad SMARTS) is 1. The molecule has 0 bridgehead atoms. The highest BCUT2D eigenvalue weighted by Gasteiger charge is 2.30. The Morgan fingerprint density at radius 3 is 2.24 bits per heavy atom. The van der Waals surface area contributed by atoms with Gasteiger partial charge in [-0.1, -0.05) is 26.0 Å². The summed E-state index contributed by atoms with van der Waals surface area (Å²) in [4.78, 5) is 27.1. The fraction of sp³-hybridized carbons (Fsp3) is 0.321. The highest BCUT2D eigenvalue weighted by molar-refractivity contribution is 5.94. The van der Waals surface area contributed by atoms with Crippen LogP contribution in [0.4, 0.5) is 18.9 Å². The van der Waals surface area contributed by atoms with E-state index in [1.807, 2.05) is 0 Å². The fourth-order valence-corrected chi connectivity index (χ4v) is 3.74. The molecule has 0 radical (unpaired) electrons. The van der Waals surface area contributed by atoms with Gasteiger partial charge in [-0.3, -0.25) is 14.6 Å². The van der Waals surface area contributed by atoms with Crippen LogP contribution >= 0.6 is 0 Å². The number of carbonyl (C=O) groups is 2. The number of rotatable bonds is 12. The second-order valence-electron chi connectivity index (χ2n) is 9.21. The van der Waals surface area contributed by atoms with Crippen molar-refractivity contribution in [3.05, 3.63) is 78.0 Å². The average molecular weight is 530 g/mol. The molecule has 0 spiro atoms. The van der Waals surface area contributed by atoms with Crippen molar-refractivity contribution in [2.75, 3.05) is 18.5 Å². The average Bonchev–Trinajstić information content (AvgIpc) is 2.87. The number of nitrogens with one attached hydrogen (secondary N) is 2. The molecule has 1 heterocycles. The number of aromatic nitrogens is 1. The largest absolute Gasteiger partial charge is 0.490 e. The van der Waals surface area contributed by atoms with Gasteiger partial charge >= 0.3 is 12.1 Å². The van der Waals surface area contributed by atoms with Crippen molar-refractivity contribution >= 4 is 17.6 Å². The summed E-state index contributed by atoms with van der Waals surface area (Å²) >= 11 is 0. The lowest BCUT2D eigenvalue weighted by Crippen LogP contribution is -2.29. The first-order valence-corrected chi connectivity index (χ1v) is 12.1. The summed E-state index contributed by atoms with van der Waals surface area (Å²) in [6.45, 7) is 4.60. The first-order valence-electron chi connectivity index (χ1n) is 12.1. The zero-order valence-electron chi connectivity index (χ0n) is 21.1. The third-order valence-corrected chi connectivity index (χ3v) is 5.59. The molecule has 3 rings (SSSR count).